The molecule has 2 unspecified atom stereocenters. The van der Waals surface area contributed by atoms with Gasteiger partial charge in [-0.15, -0.1) is 6.42 Å². The van der Waals surface area contributed by atoms with Gasteiger partial charge in [0.05, 0.1) is 24.2 Å². The van der Waals surface area contributed by atoms with Crippen LogP contribution in [0.15, 0.2) is 24.3 Å². The zero-order valence-corrected chi connectivity index (χ0v) is 12.4. The molecule has 0 aliphatic carbocycles. The second kappa shape index (κ2) is 6.56. The van der Waals surface area contributed by atoms with Crippen molar-refractivity contribution >= 4 is 9.84 Å². The van der Waals surface area contributed by atoms with Gasteiger partial charge in [-0.25, -0.2) is 12.8 Å². The molecule has 0 amide bonds. The summed E-state index contributed by atoms with van der Waals surface area (Å²) in [7, 11) is -3.01. The van der Waals surface area contributed by atoms with E-state index in [1.807, 2.05) is 0 Å². The first kappa shape index (κ1) is 16.0. The minimum Gasteiger partial charge on any atom is -0.387 e. The lowest BCUT2D eigenvalue weighted by Gasteiger charge is -2.28. The maximum atomic E-state index is 12.9. The lowest BCUT2D eigenvalue weighted by Crippen LogP contribution is -2.39. The molecule has 2 rings (SSSR count). The third-order valence-corrected chi connectivity index (χ3v) is 5.43. The van der Waals surface area contributed by atoms with E-state index in [0.717, 1.165) is 0 Å². The molecule has 0 bridgehead atoms. The average Bonchev–Trinajstić information content (AvgIpc) is 2.79. The summed E-state index contributed by atoms with van der Waals surface area (Å²) in [5.74, 6) is 2.36. The fourth-order valence-corrected chi connectivity index (χ4v) is 4.30. The smallest absolute Gasteiger partial charge is 0.151 e. The Morgan fingerprint density at radius 3 is 2.62 bits per heavy atom. The lowest BCUT2D eigenvalue weighted by molar-refractivity contribution is 0.102. The number of aliphatic hydroxyl groups is 1. The third kappa shape index (κ3) is 4.27. The molecule has 0 aromatic heterocycles. The molecule has 6 heteroatoms. The van der Waals surface area contributed by atoms with Gasteiger partial charge in [-0.05, 0) is 24.1 Å². The zero-order valence-electron chi connectivity index (χ0n) is 11.6. The van der Waals surface area contributed by atoms with Gasteiger partial charge < -0.3 is 5.11 Å². The fraction of sp³-hybridized carbons (Fsp3) is 0.467. The van der Waals surface area contributed by atoms with Gasteiger partial charge in [0, 0.05) is 12.6 Å². The Balaban J connectivity index is 2.06. The van der Waals surface area contributed by atoms with Crippen molar-refractivity contribution < 1.29 is 17.9 Å². The van der Waals surface area contributed by atoms with Crippen LogP contribution in [0.25, 0.3) is 0 Å². The topological polar surface area (TPSA) is 57.6 Å². The first-order valence-electron chi connectivity index (χ1n) is 6.73. The summed E-state index contributed by atoms with van der Waals surface area (Å²) < 4.78 is 36.0. The number of halogens is 1. The minimum atomic E-state index is -3.01. The summed E-state index contributed by atoms with van der Waals surface area (Å²) in [6.45, 7) is 0.508. The molecule has 1 fully saturated rings. The summed E-state index contributed by atoms with van der Waals surface area (Å²) in [5, 5.41) is 10.2. The monoisotopic (exact) mass is 311 g/mol. The first-order valence-corrected chi connectivity index (χ1v) is 8.55. The predicted octanol–water partition coefficient (Wildman–Crippen LogP) is 0.981. The standard InChI is InChI=1S/C15H18FNO3S/c1-2-8-17(14-7-9-21(19,20)11-14)10-15(18)12-3-5-13(16)6-4-12/h1,3-6,14-15,18H,7-11H2. The van der Waals surface area contributed by atoms with Crippen LogP contribution in [-0.2, 0) is 9.84 Å². The van der Waals surface area contributed by atoms with Gasteiger partial charge in [-0.2, -0.15) is 0 Å². The maximum absolute atomic E-state index is 12.9. The Morgan fingerprint density at radius 2 is 2.10 bits per heavy atom. The molecule has 1 aliphatic heterocycles. The Morgan fingerprint density at radius 1 is 1.43 bits per heavy atom. The van der Waals surface area contributed by atoms with Crippen molar-refractivity contribution in [1.29, 1.82) is 0 Å². The lowest BCUT2D eigenvalue weighted by atomic mass is 10.1. The van der Waals surface area contributed by atoms with Crippen LogP contribution in [0.2, 0.25) is 0 Å². The van der Waals surface area contributed by atoms with Gasteiger partial charge >= 0.3 is 0 Å². The normalized spacial score (nSPS) is 22.1. The molecule has 1 heterocycles. The highest BCUT2D eigenvalue weighted by molar-refractivity contribution is 7.91. The van der Waals surface area contributed by atoms with Gasteiger partial charge in [0.2, 0.25) is 0 Å². The van der Waals surface area contributed by atoms with Crippen molar-refractivity contribution in [2.75, 3.05) is 24.6 Å². The number of terminal acetylenes is 1. The highest BCUT2D eigenvalue weighted by Gasteiger charge is 2.32. The number of rotatable bonds is 5. The van der Waals surface area contributed by atoms with Crippen LogP contribution in [0.3, 0.4) is 0 Å². The number of hydrogen-bond acceptors (Lipinski definition) is 4. The Kier molecular flexibility index (Phi) is 4.99. The highest BCUT2D eigenvalue weighted by Crippen LogP contribution is 2.21. The van der Waals surface area contributed by atoms with E-state index in [0.29, 0.717) is 12.0 Å². The molecule has 114 valence electrons. The SMILES string of the molecule is C#CCN(CC(O)c1ccc(F)cc1)C1CCS(=O)(=O)C1. The summed E-state index contributed by atoms with van der Waals surface area (Å²) in [6, 6.07) is 5.42. The van der Waals surface area contributed by atoms with Crippen molar-refractivity contribution in [2.45, 2.75) is 18.6 Å². The zero-order chi connectivity index (χ0) is 15.5. The van der Waals surface area contributed by atoms with Crippen LogP contribution < -0.4 is 0 Å². The Labute approximate surface area is 124 Å². The van der Waals surface area contributed by atoms with Crippen LogP contribution in [-0.4, -0.2) is 49.1 Å². The number of sulfone groups is 1. The number of aliphatic hydroxyl groups excluding tert-OH is 1. The van der Waals surface area contributed by atoms with E-state index in [1.165, 1.54) is 24.3 Å². The number of hydrogen-bond donors (Lipinski definition) is 1. The second-order valence-corrected chi connectivity index (χ2v) is 7.49. The van der Waals surface area contributed by atoms with Crippen molar-refractivity contribution in [2.24, 2.45) is 0 Å². The van der Waals surface area contributed by atoms with Crippen LogP contribution in [0.1, 0.15) is 18.1 Å². The Hall–Kier alpha value is -1.42. The summed E-state index contributed by atoms with van der Waals surface area (Å²) >= 11 is 0. The van der Waals surface area contributed by atoms with Crippen LogP contribution in [0.4, 0.5) is 4.39 Å². The van der Waals surface area contributed by atoms with E-state index in [9.17, 15) is 17.9 Å². The largest absolute Gasteiger partial charge is 0.387 e. The predicted molar refractivity (Wildman–Crippen MR) is 78.8 cm³/mol. The summed E-state index contributed by atoms with van der Waals surface area (Å²) in [6.07, 6.45) is 5.02. The average molecular weight is 311 g/mol. The van der Waals surface area contributed by atoms with Crippen molar-refractivity contribution in [3.8, 4) is 12.3 Å². The molecular formula is C15H18FNO3S. The minimum absolute atomic E-state index is 0.0742. The van der Waals surface area contributed by atoms with Gasteiger partial charge in [-0.1, -0.05) is 18.1 Å². The molecule has 2 atom stereocenters. The molecule has 4 nitrogen and oxygen atoms in total. The van der Waals surface area contributed by atoms with E-state index in [-0.39, 0.29) is 36.5 Å². The van der Waals surface area contributed by atoms with E-state index in [1.54, 1.807) is 4.90 Å². The van der Waals surface area contributed by atoms with Crippen LogP contribution in [0.5, 0.6) is 0 Å². The second-order valence-electron chi connectivity index (χ2n) is 5.26. The molecule has 1 aliphatic rings. The first-order chi connectivity index (χ1) is 9.91. The summed E-state index contributed by atoms with van der Waals surface area (Å²) in [5.41, 5.74) is 0.583. The quantitative estimate of drug-likeness (QED) is 0.824. The van der Waals surface area contributed by atoms with Crippen LogP contribution in [0, 0.1) is 18.2 Å². The number of benzene rings is 1. The fourth-order valence-electron chi connectivity index (χ4n) is 2.54. The van der Waals surface area contributed by atoms with Crippen molar-refractivity contribution in [3.05, 3.63) is 35.6 Å². The highest BCUT2D eigenvalue weighted by atomic mass is 32.2. The van der Waals surface area contributed by atoms with Gasteiger partial charge in [-0.3, -0.25) is 4.90 Å². The van der Waals surface area contributed by atoms with Crippen LogP contribution >= 0.6 is 0 Å². The molecule has 1 aromatic rings. The van der Waals surface area contributed by atoms with E-state index in [2.05, 4.69) is 5.92 Å². The van der Waals surface area contributed by atoms with Gasteiger partial charge in [0.25, 0.3) is 0 Å². The molecular weight excluding hydrogens is 293 g/mol. The molecule has 0 saturated carbocycles. The van der Waals surface area contributed by atoms with Gasteiger partial charge in [0.15, 0.2) is 9.84 Å². The molecule has 1 N–H and O–H groups in total. The van der Waals surface area contributed by atoms with E-state index >= 15 is 0 Å². The molecule has 21 heavy (non-hydrogen) atoms. The van der Waals surface area contributed by atoms with Crippen molar-refractivity contribution in [1.82, 2.24) is 4.90 Å². The maximum Gasteiger partial charge on any atom is 0.151 e. The Bertz CT molecular complexity index is 621. The van der Waals surface area contributed by atoms with E-state index < -0.39 is 15.9 Å². The third-order valence-electron chi connectivity index (χ3n) is 3.68. The summed E-state index contributed by atoms with van der Waals surface area (Å²) in [4.78, 5) is 1.80. The van der Waals surface area contributed by atoms with E-state index in [4.69, 9.17) is 6.42 Å². The molecule has 1 aromatic carbocycles. The van der Waals surface area contributed by atoms with Gasteiger partial charge in [0.1, 0.15) is 5.82 Å². The molecule has 1 saturated heterocycles. The number of nitrogens with zero attached hydrogens (tertiary/aromatic N) is 1. The molecule has 0 radical (unpaired) electrons. The van der Waals surface area contributed by atoms with Crippen molar-refractivity contribution in [3.63, 3.8) is 0 Å². The molecule has 0 spiro atoms.